The van der Waals surface area contributed by atoms with Crippen LogP contribution < -0.4 is 77.8 Å². The van der Waals surface area contributed by atoms with E-state index < -0.39 is 108 Å². The van der Waals surface area contributed by atoms with Gasteiger partial charge in [-0.15, -0.1) is 0 Å². The van der Waals surface area contributed by atoms with E-state index in [1.54, 1.807) is 63.0 Å². The van der Waals surface area contributed by atoms with Crippen molar-refractivity contribution in [1.82, 2.24) is 31.9 Å². The molecule has 8 fully saturated rings. The SMILES string of the molecule is CC(C)C[C@H](N)C(=O)N[C@@H](C[C@@H]1CCCS1)C(=O)O.CC(C)[C@H](N)C(=O)N[C@@H](C[C@@H]1CCCS1)C(=O)O.CCC(C)[C@H](N)C(=O)N[C@@H](C[C@@H]1CCCS1)C(=O)O.CCOC(=O)[C@@H](N)C[C@@H]1CCCS1.CCOC(=O)[C@H](C[C@@H]1CCCS1)NC(=O)[C@@H](N)C(C)C.CCOC(=O)[C@H](C[C@@H]1CCCS1)NC(=O)[C@@H](N)C(C)CC.CCOC(=O)[C@H](C[C@@H]1CCCS1)NC(=O)[C@@H](N)CC(C)C.N[C@@H](C[C@@H]1CCCS1)C(=O)O. The molecule has 0 saturated carbocycles. The van der Waals surface area contributed by atoms with Crippen molar-refractivity contribution >= 4 is 177 Å². The van der Waals surface area contributed by atoms with E-state index >= 15 is 0 Å². The van der Waals surface area contributed by atoms with Crippen LogP contribution in [0.2, 0.25) is 0 Å². The van der Waals surface area contributed by atoms with Crippen LogP contribution in [-0.2, 0) is 86.1 Å². The third-order valence-electron chi connectivity index (χ3n) is 24.9. The summed E-state index contributed by atoms with van der Waals surface area (Å²) in [5.41, 5.74) is 46.0. The number of carbonyl (C=O) groups excluding carboxylic acids is 10. The lowest BCUT2D eigenvalue weighted by Gasteiger charge is -2.24. The summed E-state index contributed by atoms with van der Waals surface area (Å²) < 4.78 is 20.0. The lowest BCUT2D eigenvalue weighted by Crippen LogP contribution is -2.51. The highest BCUT2D eigenvalue weighted by molar-refractivity contribution is 8.01. The zero-order valence-corrected chi connectivity index (χ0v) is 94.0. The average Bonchev–Trinajstić information content (AvgIpc) is 1.57. The van der Waals surface area contributed by atoms with E-state index in [4.69, 9.17) is 75.0 Å². The molecule has 36 nitrogen and oxygen atoms in total. The third kappa shape index (κ3) is 58.9. The van der Waals surface area contributed by atoms with E-state index in [-0.39, 0.29) is 83.0 Å². The van der Waals surface area contributed by atoms with Gasteiger partial charge in [0.15, 0.2) is 0 Å². The Kier molecular flexibility index (Phi) is 73.6. The zero-order valence-electron chi connectivity index (χ0n) is 87.5. The lowest BCUT2D eigenvalue weighted by molar-refractivity contribution is -0.148. The molecule has 8 saturated heterocycles. The van der Waals surface area contributed by atoms with Gasteiger partial charge in [0.1, 0.15) is 48.3 Å². The summed E-state index contributed by atoms with van der Waals surface area (Å²) in [5, 5.41) is 55.4. The number of rotatable bonds is 50. The van der Waals surface area contributed by atoms with Gasteiger partial charge in [-0.1, -0.05) is 95.9 Å². The van der Waals surface area contributed by atoms with Gasteiger partial charge in [0.05, 0.1) is 62.7 Å². The molecule has 0 aliphatic carbocycles. The van der Waals surface area contributed by atoms with Crippen LogP contribution in [0.25, 0.3) is 0 Å². The first-order chi connectivity index (χ1) is 67.1. The van der Waals surface area contributed by atoms with E-state index in [1.807, 2.05) is 142 Å². The number of esters is 4. The van der Waals surface area contributed by atoms with E-state index in [0.717, 1.165) is 124 Å². The van der Waals surface area contributed by atoms with Gasteiger partial charge in [0.25, 0.3) is 0 Å². The van der Waals surface area contributed by atoms with Crippen LogP contribution in [0, 0.1) is 35.5 Å². The van der Waals surface area contributed by atoms with Gasteiger partial charge in [-0.3, -0.25) is 38.4 Å². The normalized spacial score (nSPS) is 22.8. The molecule has 0 aromatic carbocycles. The van der Waals surface area contributed by atoms with Crippen LogP contribution in [0.15, 0.2) is 0 Å². The molecule has 0 bridgehead atoms. The Hall–Kier alpha value is -4.94. The summed E-state index contributed by atoms with van der Waals surface area (Å²) in [7, 11) is 0. The number of ether oxygens (including phenoxy) is 4. The Morgan fingerprint density at radius 3 is 0.655 bits per heavy atom. The summed E-state index contributed by atoms with van der Waals surface area (Å²) in [6, 6.07) is -8.94. The molecule has 0 aromatic heterocycles. The van der Waals surface area contributed by atoms with E-state index in [9.17, 15) is 77.3 Å². The van der Waals surface area contributed by atoms with Crippen LogP contribution in [0.1, 0.15) is 291 Å². The number of hydrogen-bond donors (Lipinski definition) is 18. The molecule has 8 rings (SSSR count). The van der Waals surface area contributed by atoms with Gasteiger partial charge in [-0.05, 0) is 276 Å². The van der Waals surface area contributed by atoms with E-state index in [0.29, 0.717) is 138 Å². The highest BCUT2D eigenvalue weighted by Crippen LogP contribution is 2.36. The van der Waals surface area contributed by atoms with E-state index in [2.05, 4.69) is 31.9 Å². The van der Waals surface area contributed by atoms with Gasteiger partial charge in [-0.25, -0.2) is 28.8 Å². The molecule has 8 heterocycles. The largest absolute Gasteiger partial charge is 0.480 e. The first kappa shape index (κ1) is 135. The predicted octanol–water partition coefficient (Wildman–Crippen LogP) is 9.79. The monoisotopic (exact) mass is 2160 g/mol. The van der Waals surface area contributed by atoms with Crippen molar-refractivity contribution in [2.45, 2.75) is 417 Å². The van der Waals surface area contributed by atoms with E-state index in [1.165, 1.54) is 44.3 Å². The van der Waals surface area contributed by atoms with Crippen molar-refractivity contribution in [1.29, 1.82) is 0 Å². The Morgan fingerprint density at radius 2 is 0.458 bits per heavy atom. The minimum Gasteiger partial charge on any atom is -0.480 e. The standard InChI is InChI=1S/2C15H28N2O3S.C14H26N2O3S.2C13H24N2O3S.C12H22N2O3S.C9H17NO2S.C7H13NO2S/c1-4-20-15(19)13(9-11-6-5-7-21-11)17-14(18)12(16)8-10(2)3;1-4-10(3)13(16)14(18)17-12(15(19)20-5-2)9-11-7-6-8-21-11;1-4-19-14(18)11(8-10-6-5-7-20-10)16-13(17)12(15)9(2)3;1-8(2)6-10(14)12(16)15-11(13(17)18)7-9-4-3-5-19-9;1-3-8(2)11(14)12(16)15-10(13(17)18)7-9-5-4-6-19-9;1-7(2)10(13)11(15)14-9(12(16)17)6-8-4-3-5-18-8;1-2-12-9(11)8(10)6-7-4-3-5-13-7;8-6(7(9)10)4-5-2-1-3-11-5/h2*10-13H,4-9,16H2,1-3H3,(H,17,18);9-12H,4-8,15H2,1-3H3,(H,16,17);2*8-11H,3-7,14H2,1-2H3,(H,15,16)(H,17,18);7-10H,3-6,13H2,1-2H3,(H,14,15)(H,16,17);7-8H,2-6,10H2,1H3;5-6H,1-4,8H2,(H,9,10)/t11-,12-,13-;10?,11-,12-,13-;10-,11-,12-;9-,10-,11-;8?,9-,10-,11-;8-,9-,10-;7-,8-;5-,6-/m00000000/s1. The molecule has 2 unspecified atom stereocenters. The van der Waals surface area contributed by atoms with Crippen LogP contribution >= 0.6 is 94.1 Å². The van der Waals surface area contributed by atoms with Gasteiger partial charge < -0.3 is 117 Å². The molecule has 8 aliphatic heterocycles. The second kappa shape index (κ2) is 77.4. The van der Waals surface area contributed by atoms with Crippen molar-refractivity contribution in [3.05, 3.63) is 0 Å². The molecule has 8 aliphatic rings. The number of nitrogens with one attached hydrogen (secondary N) is 6. The number of carbonyl (C=O) groups is 14. The minimum atomic E-state index is -0.980. The van der Waals surface area contributed by atoms with Crippen molar-refractivity contribution in [2.24, 2.45) is 81.4 Å². The molecule has 0 spiro atoms. The molecular weight excluding hydrogens is 1980 g/mol. The fourth-order valence-corrected chi connectivity index (χ4v) is 26.4. The van der Waals surface area contributed by atoms with Crippen LogP contribution in [0.3, 0.4) is 0 Å². The van der Waals surface area contributed by atoms with Crippen LogP contribution in [0.4, 0.5) is 0 Å². The van der Waals surface area contributed by atoms with Crippen LogP contribution in [-0.4, -0.2) is 303 Å². The molecule has 44 heteroatoms. The molecular formula is C98H182N14O22S8. The summed E-state index contributed by atoms with van der Waals surface area (Å²) in [5.74, 6) is 2.83. The maximum absolute atomic E-state index is 12.2. The number of nitrogens with two attached hydrogens (primary N) is 8. The molecule has 26 N–H and O–H groups in total. The first-order valence-electron chi connectivity index (χ1n) is 51.5. The third-order valence-corrected chi connectivity index (χ3v) is 36.3. The van der Waals surface area contributed by atoms with Crippen molar-refractivity contribution in [3.8, 4) is 0 Å². The van der Waals surface area contributed by atoms with Crippen LogP contribution in [0.5, 0.6) is 0 Å². The fourth-order valence-electron chi connectivity index (χ4n) is 15.8. The quantitative estimate of drug-likeness (QED) is 0.0199. The molecule has 6 amide bonds. The summed E-state index contributed by atoms with van der Waals surface area (Å²) >= 11 is 14.7. The van der Waals surface area contributed by atoms with Gasteiger partial charge in [-0.2, -0.15) is 94.1 Å². The molecule has 0 radical (unpaired) electrons. The molecule has 0 aromatic rings. The van der Waals surface area contributed by atoms with Crippen molar-refractivity contribution in [2.75, 3.05) is 72.5 Å². The number of amides is 6. The molecule has 142 heavy (non-hydrogen) atoms. The Balaban J connectivity index is 0.000000816. The predicted molar refractivity (Wildman–Crippen MR) is 581 cm³/mol. The zero-order chi connectivity index (χ0) is 107. The minimum absolute atomic E-state index is 0.000278. The second-order valence-corrected chi connectivity index (χ2v) is 50.0. The number of thioether (sulfide) groups is 8. The first-order valence-corrected chi connectivity index (χ1v) is 59.8. The number of hydrogen-bond acceptors (Lipinski definition) is 34. The van der Waals surface area contributed by atoms with Gasteiger partial charge in [0, 0.05) is 42.0 Å². The number of carboxylic acid groups (broad SMARTS) is 4. The topological polar surface area (TPSA) is 637 Å². The van der Waals surface area contributed by atoms with Crippen molar-refractivity contribution < 1.29 is 106 Å². The van der Waals surface area contributed by atoms with Crippen molar-refractivity contribution in [3.63, 3.8) is 0 Å². The summed E-state index contributed by atoms with van der Waals surface area (Å²) in [4.78, 5) is 163. The smallest absolute Gasteiger partial charge is 0.328 e. The summed E-state index contributed by atoms with van der Waals surface area (Å²) in [6.07, 6.45) is 25.6. The molecule has 24 atom stereocenters. The maximum atomic E-state index is 12.2. The summed E-state index contributed by atoms with van der Waals surface area (Å²) in [6.45, 7) is 31.7. The second-order valence-electron chi connectivity index (χ2n) is 38.7. The fraction of sp³-hybridized carbons (Fsp3) is 0.857. The highest BCUT2D eigenvalue weighted by atomic mass is 32.2. The number of carboxylic acids is 4. The van der Waals surface area contributed by atoms with Gasteiger partial charge in [0.2, 0.25) is 35.4 Å². The Morgan fingerprint density at radius 1 is 0.261 bits per heavy atom. The maximum Gasteiger partial charge on any atom is 0.328 e. The average molecular weight is 2170 g/mol. The highest BCUT2D eigenvalue weighted by Gasteiger charge is 2.38. The molecule has 824 valence electrons. The number of aliphatic carboxylic acids is 4. The Bertz CT molecular complexity index is 3610. The Labute approximate surface area is 880 Å². The van der Waals surface area contributed by atoms with Gasteiger partial charge >= 0.3 is 47.8 Å². The lowest BCUT2D eigenvalue weighted by atomic mass is 9.98.